The molecule has 1 atom stereocenters. The highest BCUT2D eigenvalue weighted by molar-refractivity contribution is 6.17. The lowest BCUT2D eigenvalue weighted by Gasteiger charge is -2.21. The Labute approximate surface area is 137 Å². The Morgan fingerprint density at radius 3 is 1.95 bits per heavy atom. The molecule has 0 aliphatic rings. The van der Waals surface area contributed by atoms with E-state index in [-0.39, 0.29) is 11.9 Å². The third-order valence-corrected chi connectivity index (χ3v) is 4.30. The zero-order chi connectivity index (χ0) is 15.9. The minimum Gasteiger partial charge on any atom is -0.353 e. The topological polar surface area (TPSA) is 29.1 Å². The van der Waals surface area contributed by atoms with Gasteiger partial charge in [-0.3, -0.25) is 4.79 Å². The standard InChI is InChI=1S/C18H36ClNO/c1-4-5-6-7-8-9-10-11-12-13-18(21)20-17(14-15-19)16(2)3/h16-17H,4-15H2,1-3H3,(H,20,21). The summed E-state index contributed by atoms with van der Waals surface area (Å²) in [5, 5.41) is 3.12. The summed E-state index contributed by atoms with van der Waals surface area (Å²) in [6, 6.07) is 0.230. The molecule has 0 rings (SSSR count). The molecule has 0 radical (unpaired) electrons. The van der Waals surface area contributed by atoms with Gasteiger partial charge in [-0.25, -0.2) is 0 Å². The van der Waals surface area contributed by atoms with Crippen LogP contribution in [0.4, 0.5) is 0 Å². The molecule has 21 heavy (non-hydrogen) atoms. The van der Waals surface area contributed by atoms with Crippen LogP contribution in [0.3, 0.4) is 0 Å². The number of hydrogen-bond acceptors (Lipinski definition) is 1. The average Bonchev–Trinajstić information content (AvgIpc) is 2.45. The molecule has 0 spiro atoms. The lowest BCUT2D eigenvalue weighted by atomic mass is 10.0. The van der Waals surface area contributed by atoms with E-state index in [0.29, 0.717) is 18.2 Å². The molecule has 3 heteroatoms. The van der Waals surface area contributed by atoms with E-state index in [1.807, 2.05) is 0 Å². The monoisotopic (exact) mass is 317 g/mol. The quantitative estimate of drug-likeness (QED) is 0.324. The Morgan fingerprint density at radius 2 is 1.48 bits per heavy atom. The van der Waals surface area contributed by atoms with Crippen LogP contribution in [0.15, 0.2) is 0 Å². The molecule has 0 aromatic heterocycles. The van der Waals surface area contributed by atoms with Gasteiger partial charge in [-0.15, -0.1) is 11.6 Å². The van der Waals surface area contributed by atoms with E-state index in [1.165, 1.54) is 51.4 Å². The molecule has 0 fully saturated rings. The number of carbonyl (C=O) groups excluding carboxylic acids is 1. The van der Waals surface area contributed by atoms with Gasteiger partial charge in [-0.05, 0) is 18.8 Å². The maximum absolute atomic E-state index is 11.9. The zero-order valence-corrected chi connectivity index (χ0v) is 15.2. The van der Waals surface area contributed by atoms with Gasteiger partial charge in [0.05, 0.1) is 0 Å². The van der Waals surface area contributed by atoms with Crippen LogP contribution >= 0.6 is 11.6 Å². The maximum Gasteiger partial charge on any atom is 0.220 e. The van der Waals surface area contributed by atoms with E-state index in [9.17, 15) is 4.79 Å². The molecule has 1 N–H and O–H groups in total. The molecule has 0 heterocycles. The first-order valence-corrected chi connectivity index (χ1v) is 9.50. The molecular weight excluding hydrogens is 282 g/mol. The summed E-state index contributed by atoms with van der Waals surface area (Å²) >= 11 is 5.78. The van der Waals surface area contributed by atoms with Crippen LogP contribution in [0.2, 0.25) is 0 Å². The first-order chi connectivity index (χ1) is 10.1. The first-order valence-electron chi connectivity index (χ1n) is 8.97. The van der Waals surface area contributed by atoms with Crippen molar-refractivity contribution in [2.24, 2.45) is 5.92 Å². The highest BCUT2D eigenvalue weighted by atomic mass is 35.5. The van der Waals surface area contributed by atoms with Crippen LogP contribution in [-0.2, 0) is 4.79 Å². The van der Waals surface area contributed by atoms with Crippen LogP contribution in [0, 0.1) is 5.92 Å². The van der Waals surface area contributed by atoms with Crippen molar-refractivity contribution < 1.29 is 4.79 Å². The summed E-state index contributed by atoms with van der Waals surface area (Å²) in [7, 11) is 0. The fourth-order valence-corrected chi connectivity index (χ4v) is 2.80. The van der Waals surface area contributed by atoms with Crippen LogP contribution < -0.4 is 5.32 Å². The molecule has 0 aliphatic heterocycles. The fourth-order valence-electron chi connectivity index (χ4n) is 2.56. The third-order valence-electron chi connectivity index (χ3n) is 4.08. The Hall–Kier alpha value is -0.240. The van der Waals surface area contributed by atoms with Crippen LogP contribution in [0.5, 0.6) is 0 Å². The molecule has 1 unspecified atom stereocenters. The van der Waals surface area contributed by atoms with Crippen molar-refractivity contribution in [3.8, 4) is 0 Å². The van der Waals surface area contributed by atoms with Gasteiger partial charge >= 0.3 is 0 Å². The Balaban J connectivity index is 3.48. The highest BCUT2D eigenvalue weighted by Crippen LogP contribution is 2.11. The van der Waals surface area contributed by atoms with Gasteiger partial charge in [-0.1, -0.05) is 72.1 Å². The SMILES string of the molecule is CCCCCCCCCCCC(=O)NC(CCCl)C(C)C. The highest BCUT2D eigenvalue weighted by Gasteiger charge is 2.14. The smallest absolute Gasteiger partial charge is 0.220 e. The Kier molecular flexibility index (Phi) is 14.5. The number of rotatable bonds is 14. The minimum atomic E-state index is 0.196. The zero-order valence-electron chi connectivity index (χ0n) is 14.4. The summed E-state index contributed by atoms with van der Waals surface area (Å²) in [6.45, 7) is 6.52. The average molecular weight is 318 g/mol. The molecule has 0 aliphatic carbocycles. The normalized spacial score (nSPS) is 12.6. The van der Waals surface area contributed by atoms with Crippen molar-refractivity contribution in [2.45, 2.75) is 97.4 Å². The van der Waals surface area contributed by atoms with Crippen molar-refractivity contribution in [1.82, 2.24) is 5.32 Å². The van der Waals surface area contributed by atoms with Gasteiger partial charge in [0, 0.05) is 18.3 Å². The molecule has 0 saturated carbocycles. The molecular formula is C18H36ClNO. The second kappa shape index (κ2) is 14.7. The molecule has 2 nitrogen and oxygen atoms in total. The lowest BCUT2D eigenvalue weighted by molar-refractivity contribution is -0.122. The van der Waals surface area contributed by atoms with E-state index in [2.05, 4.69) is 26.1 Å². The molecule has 0 aromatic rings. The number of amides is 1. The van der Waals surface area contributed by atoms with E-state index < -0.39 is 0 Å². The Morgan fingerprint density at radius 1 is 0.952 bits per heavy atom. The number of carbonyl (C=O) groups is 1. The Bertz CT molecular complexity index is 243. The molecule has 126 valence electrons. The maximum atomic E-state index is 11.9. The van der Waals surface area contributed by atoms with Gasteiger partial charge in [-0.2, -0.15) is 0 Å². The van der Waals surface area contributed by atoms with Crippen LogP contribution in [0.1, 0.15) is 91.4 Å². The van der Waals surface area contributed by atoms with Gasteiger partial charge in [0.2, 0.25) is 5.91 Å². The van der Waals surface area contributed by atoms with E-state index in [4.69, 9.17) is 11.6 Å². The van der Waals surface area contributed by atoms with Gasteiger partial charge < -0.3 is 5.32 Å². The van der Waals surface area contributed by atoms with Crippen molar-refractivity contribution >= 4 is 17.5 Å². The minimum absolute atomic E-state index is 0.196. The molecule has 0 aromatic carbocycles. The van der Waals surface area contributed by atoms with Crippen molar-refractivity contribution in [3.05, 3.63) is 0 Å². The number of hydrogen-bond donors (Lipinski definition) is 1. The fraction of sp³-hybridized carbons (Fsp3) is 0.944. The molecule has 0 bridgehead atoms. The van der Waals surface area contributed by atoms with Gasteiger partial charge in [0.1, 0.15) is 0 Å². The summed E-state index contributed by atoms with van der Waals surface area (Å²) in [4.78, 5) is 11.9. The molecule has 0 saturated heterocycles. The van der Waals surface area contributed by atoms with Gasteiger partial charge in [0.15, 0.2) is 0 Å². The van der Waals surface area contributed by atoms with E-state index in [1.54, 1.807) is 0 Å². The number of alkyl halides is 1. The van der Waals surface area contributed by atoms with E-state index >= 15 is 0 Å². The number of halogens is 1. The second-order valence-corrected chi connectivity index (χ2v) is 6.85. The first kappa shape index (κ1) is 20.8. The lowest BCUT2D eigenvalue weighted by Crippen LogP contribution is -2.38. The predicted molar refractivity (Wildman–Crippen MR) is 93.9 cm³/mol. The summed E-state index contributed by atoms with van der Waals surface area (Å²) < 4.78 is 0. The third kappa shape index (κ3) is 13.2. The summed E-state index contributed by atoms with van der Waals surface area (Å²) in [5.41, 5.74) is 0. The van der Waals surface area contributed by atoms with Crippen LogP contribution in [-0.4, -0.2) is 17.8 Å². The predicted octanol–water partition coefficient (Wildman–Crippen LogP) is 5.68. The molecule has 1 amide bonds. The van der Waals surface area contributed by atoms with E-state index in [0.717, 1.165) is 12.8 Å². The largest absolute Gasteiger partial charge is 0.353 e. The van der Waals surface area contributed by atoms with Crippen molar-refractivity contribution in [2.75, 3.05) is 5.88 Å². The van der Waals surface area contributed by atoms with Gasteiger partial charge in [0.25, 0.3) is 0 Å². The summed E-state index contributed by atoms with van der Waals surface area (Å²) in [6.07, 6.45) is 13.1. The van der Waals surface area contributed by atoms with Crippen molar-refractivity contribution in [1.29, 1.82) is 0 Å². The van der Waals surface area contributed by atoms with Crippen molar-refractivity contribution in [3.63, 3.8) is 0 Å². The summed E-state index contributed by atoms with van der Waals surface area (Å²) in [5.74, 6) is 1.26. The van der Waals surface area contributed by atoms with Crippen LogP contribution in [0.25, 0.3) is 0 Å². The second-order valence-electron chi connectivity index (χ2n) is 6.47. The number of nitrogens with one attached hydrogen (secondary N) is 1. The number of unbranched alkanes of at least 4 members (excludes halogenated alkanes) is 8.